The predicted molar refractivity (Wildman–Crippen MR) is 87.7 cm³/mol. The Morgan fingerprint density at radius 1 is 1.29 bits per heavy atom. The molecule has 0 spiro atoms. The second-order valence-corrected chi connectivity index (χ2v) is 7.83. The zero-order valence-corrected chi connectivity index (χ0v) is 13.9. The summed E-state index contributed by atoms with van der Waals surface area (Å²) >= 11 is 0. The van der Waals surface area contributed by atoms with E-state index in [9.17, 15) is 0 Å². The highest BCUT2D eigenvalue weighted by Gasteiger charge is 2.49. The number of hydrogen-bond acceptors (Lipinski definition) is 2. The van der Waals surface area contributed by atoms with Crippen molar-refractivity contribution in [2.24, 2.45) is 11.3 Å². The molecule has 2 heteroatoms. The van der Waals surface area contributed by atoms with Gasteiger partial charge < -0.3 is 10.1 Å². The summed E-state index contributed by atoms with van der Waals surface area (Å²) in [6, 6.07) is 9.45. The molecule has 3 atom stereocenters. The fourth-order valence-electron chi connectivity index (χ4n) is 3.65. The topological polar surface area (TPSA) is 21.3 Å². The molecule has 2 aliphatic rings. The Labute approximate surface area is 129 Å². The molecule has 2 aliphatic carbocycles. The predicted octanol–water partition coefficient (Wildman–Crippen LogP) is 3.76. The van der Waals surface area contributed by atoms with Gasteiger partial charge in [-0.25, -0.2) is 0 Å². The Morgan fingerprint density at radius 3 is 2.71 bits per heavy atom. The average Bonchev–Trinajstić information content (AvgIpc) is 2.41. The van der Waals surface area contributed by atoms with Crippen molar-refractivity contribution in [3.8, 4) is 0 Å². The Morgan fingerprint density at radius 2 is 2.05 bits per heavy atom. The maximum absolute atomic E-state index is 6.05. The average molecular weight is 287 g/mol. The standard InChI is InChI=1S/C19H29NO/c1-13(2)12-21-18-10-17(19(18,3)4)20-11-15-9-14-7-5-6-8-16(14)15/h5-8,13,15,17-18,20H,9-12H2,1-4H3. The van der Waals surface area contributed by atoms with Crippen molar-refractivity contribution in [3.05, 3.63) is 35.4 Å². The molecular weight excluding hydrogens is 258 g/mol. The molecule has 0 aliphatic heterocycles. The van der Waals surface area contributed by atoms with Crippen LogP contribution in [0.2, 0.25) is 0 Å². The van der Waals surface area contributed by atoms with E-state index in [0.29, 0.717) is 24.0 Å². The van der Waals surface area contributed by atoms with Gasteiger partial charge in [0.1, 0.15) is 0 Å². The number of rotatable bonds is 6. The van der Waals surface area contributed by atoms with E-state index in [1.54, 1.807) is 5.56 Å². The van der Waals surface area contributed by atoms with Gasteiger partial charge in [0.05, 0.1) is 6.10 Å². The van der Waals surface area contributed by atoms with Crippen LogP contribution < -0.4 is 5.32 Å². The molecule has 0 heterocycles. The minimum absolute atomic E-state index is 0.262. The van der Waals surface area contributed by atoms with Gasteiger partial charge >= 0.3 is 0 Å². The molecular formula is C19H29NO. The Bertz CT molecular complexity index is 494. The van der Waals surface area contributed by atoms with Crippen LogP contribution in [0.1, 0.15) is 51.2 Å². The van der Waals surface area contributed by atoms with E-state index >= 15 is 0 Å². The lowest BCUT2D eigenvalue weighted by atomic mass is 9.64. The van der Waals surface area contributed by atoms with Crippen molar-refractivity contribution in [2.45, 2.75) is 58.6 Å². The largest absolute Gasteiger partial charge is 0.377 e. The molecule has 3 rings (SSSR count). The van der Waals surface area contributed by atoms with Crippen LogP contribution in [0.4, 0.5) is 0 Å². The van der Waals surface area contributed by atoms with E-state index in [2.05, 4.69) is 57.3 Å². The van der Waals surface area contributed by atoms with E-state index < -0.39 is 0 Å². The van der Waals surface area contributed by atoms with Gasteiger partial charge in [0.25, 0.3) is 0 Å². The molecule has 2 nitrogen and oxygen atoms in total. The van der Waals surface area contributed by atoms with Gasteiger partial charge in [-0.3, -0.25) is 0 Å². The fourth-order valence-corrected chi connectivity index (χ4v) is 3.65. The molecule has 0 bridgehead atoms. The summed E-state index contributed by atoms with van der Waals surface area (Å²) in [7, 11) is 0. The zero-order valence-electron chi connectivity index (χ0n) is 13.9. The van der Waals surface area contributed by atoms with Gasteiger partial charge in [-0.2, -0.15) is 0 Å². The van der Waals surface area contributed by atoms with Crippen molar-refractivity contribution in [3.63, 3.8) is 0 Å². The zero-order chi connectivity index (χ0) is 15.0. The minimum atomic E-state index is 0.262. The monoisotopic (exact) mass is 287 g/mol. The SMILES string of the molecule is CC(C)COC1CC(NCC2Cc3ccccc32)C1(C)C. The first-order chi connectivity index (χ1) is 9.98. The Balaban J connectivity index is 1.46. The van der Waals surface area contributed by atoms with Crippen molar-refractivity contribution in [2.75, 3.05) is 13.2 Å². The van der Waals surface area contributed by atoms with Crippen LogP contribution in [0.5, 0.6) is 0 Å². The molecule has 1 fully saturated rings. The van der Waals surface area contributed by atoms with Crippen LogP contribution in [-0.2, 0) is 11.2 Å². The Hall–Kier alpha value is -0.860. The summed E-state index contributed by atoms with van der Waals surface area (Å²) in [5.74, 6) is 1.34. The van der Waals surface area contributed by atoms with Crippen LogP contribution in [0.25, 0.3) is 0 Å². The summed E-state index contributed by atoms with van der Waals surface area (Å²) < 4.78 is 6.05. The molecule has 3 unspecified atom stereocenters. The number of fused-ring (bicyclic) bond motifs is 1. The summed E-state index contributed by atoms with van der Waals surface area (Å²) in [5.41, 5.74) is 3.35. The molecule has 1 aromatic carbocycles. The maximum atomic E-state index is 6.05. The molecule has 0 saturated heterocycles. The third-order valence-electron chi connectivity index (χ3n) is 5.38. The van der Waals surface area contributed by atoms with E-state index in [1.807, 2.05) is 0 Å². The lowest BCUT2D eigenvalue weighted by molar-refractivity contribution is -0.123. The molecule has 0 radical (unpaired) electrons. The first kappa shape index (κ1) is 15.1. The van der Waals surface area contributed by atoms with Crippen LogP contribution in [-0.4, -0.2) is 25.3 Å². The van der Waals surface area contributed by atoms with Crippen LogP contribution in [0, 0.1) is 11.3 Å². The van der Waals surface area contributed by atoms with Gasteiger partial charge in [0.15, 0.2) is 0 Å². The number of hydrogen-bond donors (Lipinski definition) is 1. The lowest BCUT2D eigenvalue weighted by Gasteiger charge is -2.52. The van der Waals surface area contributed by atoms with E-state index in [1.165, 1.54) is 12.0 Å². The van der Waals surface area contributed by atoms with Crippen LogP contribution in [0.15, 0.2) is 24.3 Å². The summed E-state index contributed by atoms with van der Waals surface area (Å²) in [6.45, 7) is 11.1. The second kappa shape index (κ2) is 5.73. The van der Waals surface area contributed by atoms with Crippen molar-refractivity contribution in [1.82, 2.24) is 5.32 Å². The first-order valence-electron chi connectivity index (χ1n) is 8.41. The molecule has 1 aromatic rings. The summed E-state index contributed by atoms with van der Waals surface area (Å²) in [5, 5.41) is 3.79. The molecule has 0 amide bonds. The second-order valence-electron chi connectivity index (χ2n) is 7.83. The fraction of sp³-hybridized carbons (Fsp3) is 0.684. The summed E-state index contributed by atoms with van der Waals surface area (Å²) in [4.78, 5) is 0. The smallest absolute Gasteiger partial charge is 0.0656 e. The number of ether oxygens (including phenoxy) is 1. The lowest BCUT2D eigenvalue weighted by Crippen LogP contribution is -2.61. The van der Waals surface area contributed by atoms with E-state index in [4.69, 9.17) is 4.74 Å². The first-order valence-corrected chi connectivity index (χ1v) is 8.41. The summed E-state index contributed by atoms with van der Waals surface area (Å²) in [6.07, 6.45) is 2.82. The number of benzene rings is 1. The molecule has 116 valence electrons. The maximum Gasteiger partial charge on any atom is 0.0656 e. The van der Waals surface area contributed by atoms with Crippen molar-refractivity contribution < 1.29 is 4.74 Å². The van der Waals surface area contributed by atoms with Gasteiger partial charge in [-0.1, -0.05) is 52.0 Å². The quantitative estimate of drug-likeness (QED) is 0.860. The van der Waals surface area contributed by atoms with Crippen LogP contribution in [0.3, 0.4) is 0 Å². The highest BCUT2D eigenvalue weighted by atomic mass is 16.5. The van der Waals surface area contributed by atoms with Gasteiger partial charge in [0.2, 0.25) is 0 Å². The van der Waals surface area contributed by atoms with E-state index in [0.717, 1.165) is 19.6 Å². The van der Waals surface area contributed by atoms with Crippen molar-refractivity contribution in [1.29, 1.82) is 0 Å². The highest BCUT2D eigenvalue weighted by molar-refractivity contribution is 5.40. The van der Waals surface area contributed by atoms with Crippen molar-refractivity contribution >= 4 is 0 Å². The molecule has 0 aromatic heterocycles. The number of nitrogens with one attached hydrogen (secondary N) is 1. The molecule has 21 heavy (non-hydrogen) atoms. The highest BCUT2D eigenvalue weighted by Crippen LogP contribution is 2.43. The van der Waals surface area contributed by atoms with Crippen LogP contribution >= 0.6 is 0 Å². The third-order valence-corrected chi connectivity index (χ3v) is 5.38. The third kappa shape index (κ3) is 2.89. The van der Waals surface area contributed by atoms with E-state index in [-0.39, 0.29) is 5.41 Å². The normalized spacial score (nSPS) is 29.7. The molecule has 1 saturated carbocycles. The van der Waals surface area contributed by atoms with Gasteiger partial charge in [-0.05, 0) is 29.9 Å². The molecule has 1 N–H and O–H groups in total. The van der Waals surface area contributed by atoms with Gasteiger partial charge in [-0.15, -0.1) is 0 Å². The Kier molecular flexibility index (Phi) is 4.11. The van der Waals surface area contributed by atoms with Gasteiger partial charge in [0, 0.05) is 30.5 Å². The minimum Gasteiger partial charge on any atom is -0.377 e.